The number of hydrogen-bond acceptors (Lipinski definition) is 8. The number of nitrogens with zero attached hydrogens (tertiary/aromatic N) is 1. The first-order valence-electron chi connectivity index (χ1n) is 11.7. The summed E-state index contributed by atoms with van der Waals surface area (Å²) in [5.74, 6) is -3.58. The van der Waals surface area contributed by atoms with Crippen molar-refractivity contribution in [1.82, 2.24) is 15.5 Å². The number of carbonyl (C=O) groups excluding carboxylic acids is 4. The molecule has 1 aromatic carbocycles. The van der Waals surface area contributed by atoms with Gasteiger partial charge in [-0.1, -0.05) is 30.3 Å². The van der Waals surface area contributed by atoms with Crippen LogP contribution in [-0.2, 0) is 40.0 Å². The Labute approximate surface area is 209 Å². The predicted octanol–water partition coefficient (Wildman–Crippen LogP) is 0.691. The van der Waals surface area contributed by atoms with E-state index in [1.165, 1.54) is 7.11 Å². The molecule has 1 heterocycles. The largest absolute Gasteiger partial charge is 0.480 e. The molecule has 1 aliphatic heterocycles. The van der Waals surface area contributed by atoms with Gasteiger partial charge >= 0.3 is 18.0 Å². The molecule has 1 unspecified atom stereocenters. The highest BCUT2D eigenvalue weighted by Gasteiger charge is 2.31. The average Bonchev–Trinajstić information content (AvgIpc) is 3.40. The van der Waals surface area contributed by atoms with Gasteiger partial charge in [-0.2, -0.15) is 0 Å². The maximum Gasteiger partial charge on any atom is 0.407 e. The van der Waals surface area contributed by atoms with Gasteiger partial charge in [0.1, 0.15) is 25.7 Å². The lowest BCUT2D eigenvalue weighted by Gasteiger charge is -2.24. The molecule has 1 aromatic rings. The number of carbonyl (C=O) groups is 5. The zero-order chi connectivity index (χ0) is 26.3. The van der Waals surface area contributed by atoms with Crippen molar-refractivity contribution < 1.29 is 43.3 Å². The van der Waals surface area contributed by atoms with Crippen molar-refractivity contribution in [3.63, 3.8) is 0 Å². The summed E-state index contributed by atoms with van der Waals surface area (Å²) in [6, 6.07) is 8.26. The summed E-state index contributed by atoms with van der Waals surface area (Å²) >= 11 is 0. The molecular formula is C24H33N3O9. The van der Waals surface area contributed by atoms with Crippen LogP contribution in [0.25, 0.3) is 0 Å². The topological polar surface area (TPSA) is 161 Å². The van der Waals surface area contributed by atoms with E-state index >= 15 is 0 Å². The smallest absolute Gasteiger partial charge is 0.407 e. The Morgan fingerprint density at radius 1 is 1.14 bits per heavy atom. The number of carboxylic acid groups (broad SMARTS) is 1. The molecule has 0 aliphatic carbocycles. The average molecular weight is 508 g/mol. The van der Waals surface area contributed by atoms with Crippen molar-refractivity contribution in [3.8, 4) is 0 Å². The first-order valence-corrected chi connectivity index (χ1v) is 11.7. The maximum atomic E-state index is 12.6. The monoisotopic (exact) mass is 507 g/mol. The number of carboxylic acids is 1. The number of rotatable bonds is 14. The molecule has 0 bridgehead atoms. The lowest BCUT2D eigenvalue weighted by molar-refractivity contribution is -0.149. The lowest BCUT2D eigenvalue weighted by atomic mass is 10.1. The van der Waals surface area contributed by atoms with E-state index in [1.807, 2.05) is 30.3 Å². The van der Waals surface area contributed by atoms with E-state index in [-0.39, 0.29) is 19.6 Å². The van der Waals surface area contributed by atoms with Gasteiger partial charge in [0.2, 0.25) is 11.8 Å². The van der Waals surface area contributed by atoms with E-state index in [0.29, 0.717) is 32.4 Å². The van der Waals surface area contributed by atoms with Crippen LogP contribution in [0.3, 0.4) is 0 Å². The van der Waals surface area contributed by atoms with Crippen LogP contribution in [0.5, 0.6) is 0 Å². The van der Waals surface area contributed by atoms with Gasteiger partial charge in [-0.25, -0.2) is 9.59 Å². The van der Waals surface area contributed by atoms with Gasteiger partial charge in [0.05, 0.1) is 19.6 Å². The summed E-state index contributed by atoms with van der Waals surface area (Å²) in [7, 11) is 1.19. The van der Waals surface area contributed by atoms with E-state index in [4.69, 9.17) is 19.3 Å². The highest BCUT2D eigenvalue weighted by molar-refractivity contribution is 5.90. The van der Waals surface area contributed by atoms with Crippen LogP contribution in [0.15, 0.2) is 30.3 Å². The van der Waals surface area contributed by atoms with Gasteiger partial charge in [0, 0.05) is 13.2 Å². The molecule has 0 radical (unpaired) electrons. The number of methoxy groups -OCH3 is 1. The van der Waals surface area contributed by atoms with Gasteiger partial charge in [-0.3, -0.25) is 14.4 Å². The molecule has 36 heavy (non-hydrogen) atoms. The molecule has 1 fully saturated rings. The number of esters is 1. The quantitative estimate of drug-likeness (QED) is 0.243. The molecule has 12 heteroatoms. The molecule has 198 valence electrons. The molecule has 3 N–H and O–H groups in total. The van der Waals surface area contributed by atoms with E-state index < -0.39 is 54.9 Å². The van der Waals surface area contributed by atoms with E-state index in [1.54, 1.807) is 0 Å². The second-order valence-electron chi connectivity index (χ2n) is 8.28. The normalized spacial score (nSPS) is 15.4. The Bertz CT molecular complexity index is 888. The van der Waals surface area contributed by atoms with Crippen LogP contribution >= 0.6 is 0 Å². The molecule has 0 spiro atoms. The number of unbranched alkanes of at least 4 members (excludes halogenated alkanes) is 1. The van der Waals surface area contributed by atoms with Crippen molar-refractivity contribution >= 4 is 29.8 Å². The number of alkyl carbamates (subject to hydrolysis) is 1. The van der Waals surface area contributed by atoms with Crippen molar-refractivity contribution in [2.24, 2.45) is 5.92 Å². The Hall–Kier alpha value is -3.67. The Morgan fingerprint density at radius 2 is 1.89 bits per heavy atom. The van der Waals surface area contributed by atoms with E-state index in [0.717, 1.165) is 10.5 Å². The van der Waals surface area contributed by atoms with Gasteiger partial charge in [-0.05, 0) is 31.2 Å². The number of nitrogens with one attached hydrogen (secondary N) is 2. The molecule has 0 saturated carbocycles. The fourth-order valence-electron chi connectivity index (χ4n) is 3.61. The SMILES string of the molecule is COC(=O)[C@H](CCCCNC(=O)OCc1ccccc1)NC(=O)CN(CC(=O)O)C(=O)C1CCOC1. The number of aliphatic carboxylic acids is 1. The molecule has 12 nitrogen and oxygen atoms in total. The summed E-state index contributed by atoms with van der Waals surface area (Å²) in [5.41, 5.74) is 0.865. The number of amides is 3. The van der Waals surface area contributed by atoms with Gasteiger partial charge < -0.3 is 34.9 Å². The van der Waals surface area contributed by atoms with Crippen LogP contribution in [0.2, 0.25) is 0 Å². The van der Waals surface area contributed by atoms with Crippen molar-refractivity contribution in [1.29, 1.82) is 0 Å². The minimum absolute atomic E-state index is 0.151. The first-order chi connectivity index (χ1) is 17.3. The third kappa shape index (κ3) is 10.3. The summed E-state index contributed by atoms with van der Waals surface area (Å²) in [6.07, 6.45) is 1.09. The maximum absolute atomic E-state index is 12.6. The van der Waals surface area contributed by atoms with Crippen molar-refractivity contribution in [2.75, 3.05) is 40.0 Å². The van der Waals surface area contributed by atoms with Crippen molar-refractivity contribution in [2.45, 2.75) is 38.3 Å². The molecular weight excluding hydrogens is 474 g/mol. The zero-order valence-corrected chi connectivity index (χ0v) is 20.3. The van der Waals surface area contributed by atoms with Crippen LogP contribution < -0.4 is 10.6 Å². The van der Waals surface area contributed by atoms with E-state index in [2.05, 4.69) is 10.6 Å². The molecule has 3 amide bonds. The molecule has 0 aromatic heterocycles. The van der Waals surface area contributed by atoms with Crippen LogP contribution in [0.1, 0.15) is 31.2 Å². The Kier molecular flexibility index (Phi) is 12.2. The fraction of sp³-hybridized carbons (Fsp3) is 0.542. The molecule has 2 rings (SSSR count). The summed E-state index contributed by atoms with van der Waals surface area (Å²) < 4.78 is 15.0. The zero-order valence-electron chi connectivity index (χ0n) is 20.3. The van der Waals surface area contributed by atoms with Crippen LogP contribution in [-0.4, -0.2) is 85.9 Å². The second-order valence-corrected chi connectivity index (χ2v) is 8.28. The number of ether oxygens (including phenoxy) is 3. The lowest BCUT2D eigenvalue weighted by Crippen LogP contribution is -2.49. The minimum Gasteiger partial charge on any atom is -0.480 e. The number of benzene rings is 1. The van der Waals surface area contributed by atoms with Gasteiger partial charge in [0.15, 0.2) is 0 Å². The number of hydrogen-bond donors (Lipinski definition) is 3. The van der Waals surface area contributed by atoms with Crippen LogP contribution in [0.4, 0.5) is 4.79 Å². The third-order valence-corrected chi connectivity index (χ3v) is 5.47. The molecule has 1 saturated heterocycles. The second kappa shape index (κ2) is 15.4. The standard InChI is InChI=1S/C24H33N3O9/c1-34-23(32)19(9-5-6-11-25-24(33)36-15-17-7-3-2-4-8-17)26-20(28)13-27(14-21(29)30)22(31)18-10-12-35-16-18/h2-4,7-8,18-19H,5-6,9-16H2,1H3,(H,25,33)(H,26,28)(H,29,30)/t18?,19-/m0/s1. The molecule has 2 atom stereocenters. The Morgan fingerprint density at radius 3 is 2.53 bits per heavy atom. The van der Waals surface area contributed by atoms with Crippen molar-refractivity contribution in [3.05, 3.63) is 35.9 Å². The van der Waals surface area contributed by atoms with Gasteiger partial charge in [0.25, 0.3) is 0 Å². The minimum atomic E-state index is -1.26. The first kappa shape index (κ1) is 28.6. The Balaban J connectivity index is 1.76. The van der Waals surface area contributed by atoms with E-state index in [9.17, 15) is 24.0 Å². The third-order valence-electron chi connectivity index (χ3n) is 5.47. The van der Waals surface area contributed by atoms with Crippen LogP contribution in [0, 0.1) is 5.92 Å². The highest BCUT2D eigenvalue weighted by Crippen LogP contribution is 2.15. The summed E-state index contributed by atoms with van der Waals surface area (Å²) in [6.45, 7) is -0.123. The summed E-state index contributed by atoms with van der Waals surface area (Å²) in [4.78, 5) is 61.2. The van der Waals surface area contributed by atoms with Gasteiger partial charge in [-0.15, -0.1) is 0 Å². The molecule has 1 aliphatic rings. The fourth-order valence-corrected chi connectivity index (χ4v) is 3.61. The predicted molar refractivity (Wildman–Crippen MR) is 126 cm³/mol. The summed E-state index contributed by atoms with van der Waals surface area (Å²) in [5, 5.41) is 14.3. The highest BCUT2D eigenvalue weighted by atomic mass is 16.5.